The molecule has 13 heavy (non-hydrogen) atoms. The molecule has 78 valence electrons. The number of hydrogen-bond acceptors (Lipinski definition) is 1. The molecular weight excluding hydrogens is 160 g/mol. The van der Waals surface area contributed by atoms with E-state index in [1.807, 2.05) is 0 Å². The van der Waals surface area contributed by atoms with Crippen molar-refractivity contribution in [2.75, 3.05) is 0 Å². The van der Waals surface area contributed by atoms with Gasteiger partial charge in [0.25, 0.3) is 0 Å². The van der Waals surface area contributed by atoms with Crippen LogP contribution in [0.15, 0.2) is 12.7 Å². The number of aliphatic hydroxyl groups is 1. The Morgan fingerprint density at radius 1 is 1.08 bits per heavy atom. The molecule has 0 radical (unpaired) electrons. The van der Waals surface area contributed by atoms with Crippen LogP contribution in [0, 0.1) is 0 Å². The van der Waals surface area contributed by atoms with E-state index >= 15 is 0 Å². The van der Waals surface area contributed by atoms with E-state index < -0.39 is 0 Å². The standard InChI is InChI=1S/C12H24O/c1-3-5-6-7-8-9-10-11-12(13)4-2/h4,12-13H,2-3,5-11H2,1H3/t12-/m1/s1. The number of unbranched alkanes of at least 4 members (excludes halogenated alkanes) is 6. The fourth-order valence-electron chi connectivity index (χ4n) is 1.43. The van der Waals surface area contributed by atoms with Crippen molar-refractivity contribution >= 4 is 0 Å². The molecule has 0 heterocycles. The summed E-state index contributed by atoms with van der Waals surface area (Å²) in [4.78, 5) is 0. The Balaban J connectivity index is 2.95. The smallest absolute Gasteiger partial charge is 0.0718 e. The number of aliphatic hydroxyl groups excluding tert-OH is 1. The van der Waals surface area contributed by atoms with Gasteiger partial charge in [-0.15, -0.1) is 6.58 Å². The normalized spacial score (nSPS) is 12.8. The van der Waals surface area contributed by atoms with E-state index in [1.54, 1.807) is 6.08 Å². The summed E-state index contributed by atoms with van der Waals surface area (Å²) in [5, 5.41) is 9.18. The van der Waals surface area contributed by atoms with Gasteiger partial charge in [0.2, 0.25) is 0 Å². The molecule has 0 aliphatic rings. The molecule has 0 fully saturated rings. The Labute approximate surface area is 82.9 Å². The number of hydrogen-bond donors (Lipinski definition) is 1. The van der Waals surface area contributed by atoms with Crippen LogP contribution in [0.4, 0.5) is 0 Å². The van der Waals surface area contributed by atoms with Crippen LogP contribution in [-0.2, 0) is 0 Å². The second kappa shape index (κ2) is 9.79. The van der Waals surface area contributed by atoms with Crippen LogP contribution < -0.4 is 0 Å². The van der Waals surface area contributed by atoms with E-state index in [1.165, 1.54) is 38.5 Å². The molecular formula is C12H24O. The Bertz CT molecular complexity index is 110. The second-order valence-corrected chi connectivity index (χ2v) is 3.71. The summed E-state index contributed by atoms with van der Waals surface area (Å²) in [6.07, 6.45) is 11.4. The van der Waals surface area contributed by atoms with Gasteiger partial charge in [0.15, 0.2) is 0 Å². The second-order valence-electron chi connectivity index (χ2n) is 3.71. The molecule has 0 saturated heterocycles. The van der Waals surface area contributed by atoms with Gasteiger partial charge in [-0.3, -0.25) is 0 Å². The van der Waals surface area contributed by atoms with E-state index in [9.17, 15) is 5.11 Å². The number of rotatable bonds is 9. The van der Waals surface area contributed by atoms with E-state index in [2.05, 4.69) is 13.5 Å². The van der Waals surface area contributed by atoms with Gasteiger partial charge in [0.05, 0.1) is 6.10 Å². The minimum absolute atomic E-state index is 0.282. The molecule has 1 nitrogen and oxygen atoms in total. The Morgan fingerprint density at radius 3 is 2.15 bits per heavy atom. The summed E-state index contributed by atoms with van der Waals surface area (Å²) < 4.78 is 0. The van der Waals surface area contributed by atoms with Crippen LogP contribution in [0.2, 0.25) is 0 Å². The topological polar surface area (TPSA) is 20.2 Å². The zero-order valence-corrected chi connectivity index (χ0v) is 8.97. The third-order valence-electron chi connectivity index (χ3n) is 2.38. The van der Waals surface area contributed by atoms with E-state index in [4.69, 9.17) is 0 Å². The van der Waals surface area contributed by atoms with Crippen molar-refractivity contribution in [2.45, 2.75) is 64.4 Å². The molecule has 0 aromatic carbocycles. The summed E-state index contributed by atoms with van der Waals surface area (Å²) >= 11 is 0. The average molecular weight is 184 g/mol. The zero-order valence-electron chi connectivity index (χ0n) is 8.97. The lowest BCUT2D eigenvalue weighted by Gasteiger charge is -2.04. The summed E-state index contributed by atoms with van der Waals surface area (Å²) in [5.74, 6) is 0. The van der Waals surface area contributed by atoms with Crippen molar-refractivity contribution < 1.29 is 5.11 Å². The first-order valence-electron chi connectivity index (χ1n) is 5.62. The van der Waals surface area contributed by atoms with Gasteiger partial charge in [0, 0.05) is 0 Å². The zero-order chi connectivity index (χ0) is 9.94. The van der Waals surface area contributed by atoms with Gasteiger partial charge < -0.3 is 5.11 Å². The van der Waals surface area contributed by atoms with Gasteiger partial charge >= 0.3 is 0 Å². The first-order chi connectivity index (χ1) is 6.31. The molecule has 0 amide bonds. The summed E-state index contributed by atoms with van der Waals surface area (Å²) in [6, 6.07) is 0. The van der Waals surface area contributed by atoms with E-state index in [0.717, 1.165) is 12.8 Å². The Kier molecular flexibility index (Phi) is 9.56. The Hall–Kier alpha value is -0.300. The lowest BCUT2D eigenvalue weighted by molar-refractivity contribution is 0.208. The van der Waals surface area contributed by atoms with Crippen molar-refractivity contribution in [3.63, 3.8) is 0 Å². The molecule has 1 N–H and O–H groups in total. The van der Waals surface area contributed by atoms with Crippen LogP contribution in [0.1, 0.15) is 58.3 Å². The van der Waals surface area contributed by atoms with E-state index in [0.29, 0.717) is 0 Å². The average Bonchev–Trinajstić information content (AvgIpc) is 2.16. The maximum atomic E-state index is 9.18. The van der Waals surface area contributed by atoms with Crippen LogP contribution in [0.5, 0.6) is 0 Å². The highest BCUT2D eigenvalue weighted by Crippen LogP contribution is 2.09. The Morgan fingerprint density at radius 2 is 1.62 bits per heavy atom. The largest absolute Gasteiger partial charge is 0.389 e. The van der Waals surface area contributed by atoms with Gasteiger partial charge in [-0.2, -0.15) is 0 Å². The maximum absolute atomic E-state index is 9.18. The highest BCUT2D eigenvalue weighted by molar-refractivity contribution is 4.77. The molecule has 1 atom stereocenters. The van der Waals surface area contributed by atoms with Crippen LogP contribution in [0.3, 0.4) is 0 Å². The molecule has 0 spiro atoms. The van der Waals surface area contributed by atoms with E-state index in [-0.39, 0.29) is 6.10 Å². The molecule has 0 saturated carbocycles. The molecule has 0 unspecified atom stereocenters. The summed E-state index contributed by atoms with van der Waals surface area (Å²) in [7, 11) is 0. The lowest BCUT2D eigenvalue weighted by atomic mass is 10.1. The molecule has 0 bridgehead atoms. The summed E-state index contributed by atoms with van der Waals surface area (Å²) in [6.45, 7) is 5.79. The predicted octanol–water partition coefficient (Wildman–Crippen LogP) is 3.67. The third kappa shape index (κ3) is 9.62. The van der Waals surface area contributed by atoms with Crippen molar-refractivity contribution in [3.8, 4) is 0 Å². The summed E-state index contributed by atoms with van der Waals surface area (Å²) in [5.41, 5.74) is 0. The fraction of sp³-hybridized carbons (Fsp3) is 0.833. The van der Waals surface area contributed by atoms with Gasteiger partial charge in [0.1, 0.15) is 0 Å². The van der Waals surface area contributed by atoms with Gasteiger partial charge in [-0.25, -0.2) is 0 Å². The first kappa shape index (κ1) is 12.7. The van der Waals surface area contributed by atoms with Crippen LogP contribution in [0.25, 0.3) is 0 Å². The van der Waals surface area contributed by atoms with Crippen molar-refractivity contribution in [2.24, 2.45) is 0 Å². The molecule has 0 rings (SSSR count). The molecule has 1 heteroatoms. The minimum atomic E-state index is -0.282. The molecule has 0 aliphatic carbocycles. The third-order valence-corrected chi connectivity index (χ3v) is 2.38. The highest BCUT2D eigenvalue weighted by atomic mass is 16.3. The predicted molar refractivity (Wildman–Crippen MR) is 58.8 cm³/mol. The van der Waals surface area contributed by atoms with Crippen molar-refractivity contribution in [3.05, 3.63) is 12.7 Å². The molecule has 0 aliphatic heterocycles. The van der Waals surface area contributed by atoms with Crippen LogP contribution >= 0.6 is 0 Å². The fourth-order valence-corrected chi connectivity index (χ4v) is 1.43. The lowest BCUT2D eigenvalue weighted by Crippen LogP contribution is -2.00. The van der Waals surface area contributed by atoms with Crippen molar-refractivity contribution in [1.29, 1.82) is 0 Å². The molecule has 0 aromatic rings. The monoisotopic (exact) mass is 184 g/mol. The van der Waals surface area contributed by atoms with Gasteiger partial charge in [-0.05, 0) is 6.42 Å². The minimum Gasteiger partial charge on any atom is -0.389 e. The maximum Gasteiger partial charge on any atom is 0.0718 e. The highest BCUT2D eigenvalue weighted by Gasteiger charge is 1.96. The molecule has 0 aromatic heterocycles. The first-order valence-corrected chi connectivity index (χ1v) is 5.62. The quantitative estimate of drug-likeness (QED) is 0.428. The van der Waals surface area contributed by atoms with Crippen LogP contribution in [-0.4, -0.2) is 11.2 Å². The van der Waals surface area contributed by atoms with Gasteiger partial charge in [-0.1, -0.05) is 57.9 Å². The van der Waals surface area contributed by atoms with Crippen molar-refractivity contribution in [1.82, 2.24) is 0 Å². The SMILES string of the molecule is C=C[C@@H](O)CCCCCCCCC.